The minimum Gasteiger partial charge on any atom is -0.395 e. The standard InChI is InChI=1S/C11H14N2O/c14-8-7-13-6-5-12-9-10-3-1-2-4-11(10)13/h1-4,9,14H,5-8H2. The Balaban J connectivity index is 2.33. The van der Waals surface area contributed by atoms with Gasteiger partial charge in [0.2, 0.25) is 0 Å². The zero-order valence-corrected chi connectivity index (χ0v) is 8.06. The average molecular weight is 190 g/mol. The highest BCUT2D eigenvalue weighted by molar-refractivity contribution is 5.88. The van der Waals surface area contributed by atoms with Crippen molar-refractivity contribution in [3.63, 3.8) is 0 Å². The number of aliphatic hydroxyl groups is 1. The summed E-state index contributed by atoms with van der Waals surface area (Å²) in [4.78, 5) is 6.47. The van der Waals surface area contributed by atoms with Gasteiger partial charge < -0.3 is 10.0 Å². The van der Waals surface area contributed by atoms with Crippen molar-refractivity contribution in [3.05, 3.63) is 29.8 Å². The number of anilines is 1. The SMILES string of the molecule is OCCN1CCN=Cc2ccccc21. The molecule has 1 N–H and O–H groups in total. The Morgan fingerprint density at radius 1 is 1.36 bits per heavy atom. The van der Waals surface area contributed by atoms with Gasteiger partial charge in [0.15, 0.2) is 0 Å². The van der Waals surface area contributed by atoms with Crippen LogP contribution >= 0.6 is 0 Å². The van der Waals surface area contributed by atoms with Gasteiger partial charge in [-0.15, -0.1) is 0 Å². The van der Waals surface area contributed by atoms with E-state index in [0.29, 0.717) is 6.54 Å². The lowest BCUT2D eigenvalue weighted by atomic mass is 10.2. The predicted octanol–water partition coefficient (Wildman–Crippen LogP) is 0.918. The number of hydrogen-bond donors (Lipinski definition) is 1. The van der Waals surface area contributed by atoms with Crippen molar-refractivity contribution in [1.82, 2.24) is 0 Å². The molecule has 0 saturated heterocycles. The zero-order valence-electron chi connectivity index (χ0n) is 8.06. The van der Waals surface area contributed by atoms with Crippen molar-refractivity contribution in [2.45, 2.75) is 0 Å². The zero-order chi connectivity index (χ0) is 9.80. The first-order chi connectivity index (χ1) is 6.92. The van der Waals surface area contributed by atoms with Crippen molar-refractivity contribution in [1.29, 1.82) is 0 Å². The second-order valence-electron chi connectivity index (χ2n) is 3.30. The number of rotatable bonds is 2. The van der Waals surface area contributed by atoms with E-state index < -0.39 is 0 Å². The van der Waals surface area contributed by atoms with E-state index >= 15 is 0 Å². The third-order valence-corrected chi connectivity index (χ3v) is 2.38. The van der Waals surface area contributed by atoms with Gasteiger partial charge in [-0.3, -0.25) is 4.99 Å². The molecule has 1 aliphatic rings. The topological polar surface area (TPSA) is 35.8 Å². The third kappa shape index (κ3) is 1.77. The fourth-order valence-electron chi connectivity index (χ4n) is 1.70. The quantitative estimate of drug-likeness (QED) is 0.752. The molecule has 1 heterocycles. The number of benzene rings is 1. The highest BCUT2D eigenvalue weighted by Gasteiger charge is 2.10. The van der Waals surface area contributed by atoms with E-state index in [1.807, 2.05) is 18.3 Å². The molecule has 3 heteroatoms. The summed E-state index contributed by atoms with van der Waals surface area (Å²) in [5.41, 5.74) is 2.31. The van der Waals surface area contributed by atoms with Crippen LogP contribution in [-0.4, -0.2) is 37.6 Å². The van der Waals surface area contributed by atoms with Gasteiger partial charge in [0.05, 0.1) is 13.2 Å². The molecule has 0 aliphatic carbocycles. The Morgan fingerprint density at radius 3 is 3.07 bits per heavy atom. The van der Waals surface area contributed by atoms with Crippen molar-refractivity contribution in [2.24, 2.45) is 4.99 Å². The molecule has 0 unspecified atom stereocenters. The summed E-state index contributed by atoms with van der Waals surface area (Å²) in [7, 11) is 0. The van der Waals surface area contributed by atoms with Crippen LogP contribution in [0, 0.1) is 0 Å². The van der Waals surface area contributed by atoms with E-state index in [1.165, 1.54) is 5.69 Å². The summed E-state index contributed by atoms with van der Waals surface area (Å²) in [5, 5.41) is 8.95. The Bertz CT molecular complexity index is 336. The molecule has 1 aromatic rings. The van der Waals surface area contributed by atoms with Crippen LogP contribution in [0.25, 0.3) is 0 Å². The number of aliphatic imine (C=N–C) groups is 1. The summed E-state index contributed by atoms with van der Waals surface area (Å²) < 4.78 is 0. The van der Waals surface area contributed by atoms with E-state index in [-0.39, 0.29) is 6.61 Å². The lowest BCUT2D eigenvalue weighted by molar-refractivity contribution is 0.302. The number of hydrogen-bond acceptors (Lipinski definition) is 3. The molecule has 1 aliphatic heterocycles. The highest BCUT2D eigenvalue weighted by atomic mass is 16.3. The van der Waals surface area contributed by atoms with Crippen molar-refractivity contribution < 1.29 is 5.11 Å². The van der Waals surface area contributed by atoms with E-state index in [2.05, 4.69) is 22.0 Å². The molecular weight excluding hydrogens is 176 g/mol. The first-order valence-corrected chi connectivity index (χ1v) is 4.86. The van der Waals surface area contributed by atoms with Crippen LogP contribution in [0.4, 0.5) is 5.69 Å². The first-order valence-electron chi connectivity index (χ1n) is 4.86. The Kier molecular flexibility index (Phi) is 2.79. The van der Waals surface area contributed by atoms with Crippen LogP contribution in [-0.2, 0) is 0 Å². The Hall–Kier alpha value is -1.35. The molecule has 0 radical (unpaired) electrons. The second-order valence-corrected chi connectivity index (χ2v) is 3.30. The molecule has 0 spiro atoms. The molecule has 3 nitrogen and oxygen atoms in total. The van der Waals surface area contributed by atoms with E-state index in [4.69, 9.17) is 5.11 Å². The lowest BCUT2D eigenvalue weighted by Gasteiger charge is -2.23. The van der Waals surface area contributed by atoms with Crippen LogP contribution in [0.2, 0.25) is 0 Å². The third-order valence-electron chi connectivity index (χ3n) is 2.38. The monoisotopic (exact) mass is 190 g/mol. The highest BCUT2D eigenvalue weighted by Crippen LogP contribution is 2.19. The van der Waals surface area contributed by atoms with Gasteiger partial charge in [-0.2, -0.15) is 0 Å². The summed E-state index contributed by atoms with van der Waals surface area (Å²) in [6, 6.07) is 8.15. The average Bonchev–Trinajstić information content (AvgIpc) is 2.42. The minimum atomic E-state index is 0.189. The van der Waals surface area contributed by atoms with E-state index in [9.17, 15) is 0 Å². The molecule has 0 fully saturated rings. The molecule has 0 aromatic heterocycles. The maximum atomic E-state index is 8.95. The van der Waals surface area contributed by atoms with Gasteiger partial charge in [-0.1, -0.05) is 18.2 Å². The Labute approximate surface area is 83.7 Å². The summed E-state index contributed by atoms with van der Waals surface area (Å²) in [6.07, 6.45) is 1.91. The van der Waals surface area contributed by atoms with Gasteiger partial charge >= 0.3 is 0 Å². The van der Waals surface area contributed by atoms with Gasteiger partial charge in [0.1, 0.15) is 0 Å². The Morgan fingerprint density at radius 2 is 2.21 bits per heavy atom. The molecule has 0 saturated carbocycles. The molecule has 2 rings (SSSR count). The van der Waals surface area contributed by atoms with Crippen LogP contribution in [0.15, 0.2) is 29.3 Å². The normalized spacial score (nSPS) is 15.1. The molecule has 1 aromatic carbocycles. The maximum Gasteiger partial charge on any atom is 0.0606 e. The first kappa shape index (κ1) is 9.21. The van der Waals surface area contributed by atoms with E-state index in [0.717, 1.165) is 18.7 Å². The number of aliphatic hydroxyl groups excluding tert-OH is 1. The fourth-order valence-corrected chi connectivity index (χ4v) is 1.70. The summed E-state index contributed by atoms with van der Waals surface area (Å²) in [5.74, 6) is 0. The number of nitrogens with zero attached hydrogens (tertiary/aromatic N) is 2. The van der Waals surface area contributed by atoms with Crippen LogP contribution in [0.5, 0.6) is 0 Å². The van der Waals surface area contributed by atoms with Crippen LogP contribution < -0.4 is 4.90 Å². The lowest BCUT2D eigenvalue weighted by Crippen LogP contribution is -2.29. The second kappa shape index (κ2) is 4.24. The molecular formula is C11H14N2O. The number of β-amino-alcohol motifs (C(OH)–C–C–N with tert-alkyl or cyclic N) is 1. The van der Waals surface area contributed by atoms with Gasteiger partial charge in [-0.25, -0.2) is 0 Å². The largest absolute Gasteiger partial charge is 0.395 e. The molecule has 74 valence electrons. The number of benzodiazepines with no additional fused rings is 1. The minimum absolute atomic E-state index is 0.189. The maximum absolute atomic E-state index is 8.95. The van der Waals surface area contributed by atoms with Crippen molar-refractivity contribution in [2.75, 3.05) is 31.1 Å². The van der Waals surface area contributed by atoms with Crippen LogP contribution in [0.1, 0.15) is 5.56 Å². The number of fused-ring (bicyclic) bond motifs is 1. The summed E-state index contributed by atoms with van der Waals surface area (Å²) in [6.45, 7) is 2.55. The van der Waals surface area contributed by atoms with Gasteiger partial charge in [0, 0.05) is 30.6 Å². The molecule has 0 atom stereocenters. The van der Waals surface area contributed by atoms with Crippen molar-refractivity contribution in [3.8, 4) is 0 Å². The van der Waals surface area contributed by atoms with E-state index in [1.54, 1.807) is 0 Å². The van der Waals surface area contributed by atoms with Gasteiger partial charge in [0.25, 0.3) is 0 Å². The molecule has 14 heavy (non-hydrogen) atoms. The summed E-state index contributed by atoms with van der Waals surface area (Å²) >= 11 is 0. The van der Waals surface area contributed by atoms with Crippen molar-refractivity contribution >= 4 is 11.9 Å². The number of para-hydroxylation sites is 1. The van der Waals surface area contributed by atoms with Crippen LogP contribution in [0.3, 0.4) is 0 Å². The van der Waals surface area contributed by atoms with Gasteiger partial charge in [-0.05, 0) is 6.07 Å². The molecule has 0 bridgehead atoms. The smallest absolute Gasteiger partial charge is 0.0606 e. The predicted molar refractivity (Wildman–Crippen MR) is 58.2 cm³/mol. The molecule has 0 amide bonds. The fraction of sp³-hybridized carbons (Fsp3) is 0.364.